The van der Waals surface area contributed by atoms with Crippen LogP contribution in [0.4, 0.5) is 9.18 Å². The topological polar surface area (TPSA) is 167 Å². The van der Waals surface area contributed by atoms with Gasteiger partial charge in [0.1, 0.15) is 30.0 Å². The molecule has 2 saturated heterocycles. The fourth-order valence-corrected chi connectivity index (χ4v) is 13.0. The zero-order chi connectivity index (χ0) is 47.6. The number of aromatic hydroxyl groups is 2. The molecule has 2 amide bonds. The molecular weight excluding hydrogens is 880 g/mol. The molecule has 2 atom stereocenters. The third-order valence-electron chi connectivity index (χ3n) is 16.7. The molecular formula is C54H57FN6O8. The highest BCUT2D eigenvalue weighted by Gasteiger charge is 2.54. The number of carbonyl (C=O) groups is 3. The van der Waals surface area contributed by atoms with Crippen LogP contribution in [0, 0.1) is 31.0 Å². The minimum absolute atomic E-state index is 0.0341. The summed E-state index contributed by atoms with van der Waals surface area (Å²) < 4.78 is 28.6. The number of rotatable bonds is 8. The molecule has 12 rings (SSSR count). The van der Waals surface area contributed by atoms with Gasteiger partial charge in [0.2, 0.25) is 0 Å². The van der Waals surface area contributed by atoms with Crippen molar-refractivity contribution in [2.24, 2.45) is 11.3 Å². The SMILES string of the molecule is CCC1C(=O)OCc2c1cc1n(c2=O)Cc2c-1nc1cc(F)c(C)c3c1c2C(NC(=O)OC1CC2(C1)CN(CC1CCN(Cc4ccc5c(c4)CN(C(=O)c4cc(C)c(O)cc4O)C5)CC1)C2)CC3. The number of nitrogens with zero attached hydrogens (tertiary/aromatic N) is 5. The first-order chi connectivity index (χ1) is 33.2. The van der Waals surface area contributed by atoms with Gasteiger partial charge in [0.25, 0.3) is 11.5 Å². The van der Waals surface area contributed by atoms with Crippen molar-refractivity contribution in [2.75, 3.05) is 32.7 Å². The molecule has 0 radical (unpaired) electrons. The number of pyridine rings is 2. The standard InChI is InChI=1S/C54H57FN6O8/c1-4-35-37-15-44-49-39(24-61(44)51(65)40(37)25-68-52(35)66)48-42(8-7-36-29(3)41(55)16-43(56-49)47(36)48)57-53(67)69-34-18-54(19-34)26-59(27-54)20-30-9-11-58(12-10-30)21-31-5-6-32-22-60(23-33(32)14-31)50(64)38-13-28(2)45(62)17-46(38)63/h5-6,13-17,30,34-35,42,62-63H,4,7-12,18-27H2,1-3H3,(H,57,67). The van der Waals surface area contributed by atoms with Gasteiger partial charge in [-0.15, -0.1) is 0 Å². The Morgan fingerprint density at radius 1 is 0.928 bits per heavy atom. The van der Waals surface area contributed by atoms with E-state index in [9.17, 15) is 29.4 Å². The maximum atomic E-state index is 15.4. The number of hydrogen-bond acceptors (Lipinski definition) is 11. The average Bonchev–Trinajstić information content (AvgIpc) is 3.90. The number of benzene rings is 3. The molecule has 358 valence electrons. The number of likely N-dealkylation sites (tertiary alicyclic amines) is 2. The lowest BCUT2D eigenvalue weighted by Gasteiger charge is -2.59. The minimum atomic E-state index is -0.545. The summed E-state index contributed by atoms with van der Waals surface area (Å²) >= 11 is 0. The van der Waals surface area contributed by atoms with E-state index in [1.54, 1.807) is 29.4 Å². The molecule has 3 aromatic carbocycles. The van der Waals surface area contributed by atoms with Crippen molar-refractivity contribution in [1.29, 1.82) is 0 Å². The summed E-state index contributed by atoms with van der Waals surface area (Å²) in [5.41, 5.74) is 10.2. The van der Waals surface area contributed by atoms with Gasteiger partial charge in [0.05, 0.1) is 46.5 Å². The number of halogens is 1. The highest BCUT2D eigenvalue weighted by Crippen LogP contribution is 2.51. The molecule has 5 aliphatic heterocycles. The third-order valence-corrected chi connectivity index (χ3v) is 16.7. The summed E-state index contributed by atoms with van der Waals surface area (Å²) in [6.45, 7) is 12.6. The first kappa shape index (κ1) is 43.9. The zero-order valence-electron chi connectivity index (χ0n) is 39.3. The van der Waals surface area contributed by atoms with Crippen molar-refractivity contribution < 1.29 is 38.5 Å². The molecule has 2 aromatic heterocycles. The van der Waals surface area contributed by atoms with E-state index in [1.165, 1.54) is 17.7 Å². The second-order valence-corrected chi connectivity index (χ2v) is 21.1. The number of alkyl carbamates (subject to hydrolysis) is 1. The number of phenols is 2. The molecule has 15 heteroatoms. The number of aryl methyl sites for hydroxylation is 2. The average molecular weight is 937 g/mol. The number of cyclic esters (lactones) is 1. The van der Waals surface area contributed by atoms with Crippen molar-refractivity contribution in [3.05, 3.63) is 120 Å². The Morgan fingerprint density at radius 2 is 1.71 bits per heavy atom. The molecule has 5 aromatic rings. The highest BCUT2D eigenvalue weighted by atomic mass is 19.1. The number of piperidine rings is 1. The Hall–Kier alpha value is -6.32. The summed E-state index contributed by atoms with van der Waals surface area (Å²) in [6, 6.07) is 12.2. The first-order valence-corrected chi connectivity index (χ1v) is 24.7. The Morgan fingerprint density at radius 3 is 2.49 bits per heavy atom. The normalized spacial score (nSPS) is 21.6. The second kappa shape index (κ2) is 16.4. The van der Waals surface area contributed by atoms with Gasteiger partial charge in [0, 0.05) is 67.8 Å². The largest absolute Gasteiger partial charge is 0.508 e. The van der Waals surface area contributed by atoms with Crippen molar-refractivity contribution in [3.63, 3.8) is 0 Å². The molecule has 69 heavy (non-hydrogen) atoms. The number of aromatic nitrogens is 2. The molecule has 7 heterocycles. The van der Waals surface area contributed by atoms with Crippen LogP contribution in [-0.4, -0.2) is 91.3 Å². The van der Waals surface area contributed by atoms with Crippen LogP contribution in [0.5, 0.6) is 11.5 Å². The lowest BCUT2D eigenvalue weighted by Crippen LogP contribution is -2.65. The molecule has 14 nitrogen and oxygen atoms in total. The number of carbonyl (C=O) groups excluding carboxylic acids is 3. The minimum Gasteiger partial charge on any atom is -0.508 e. The molecule has 1 spiro atoms. The lowest BCUT2D eigenvalue weighted by atomic mass is 9.61. The molecule has 7 aliphatic rings. The smallest absolute Gasteiger partial charge is 0.407 e. The highest BCUT2D eigenvalue weighted by molar-refractivity contribution is 5.98. The molecule has 3 fully saturated rings. The number of phenolic OH excluding ortho intramolecular Hbond substituents is 2. The third kappa shape index (κ3) is 7.37. The number of hydrogen-bond donors (Lipinski definition) is 3. The van der Waals surface area contributed by atoms with Crippen LogP contribution in [0.25, 0.3) is 22.3 Å². The van der Waals surface area contributed by atoms with Gasteiger partial charge in [-0.1, -0.05) is 25.1 Å². The van der Waals surface area contributed by atoms with E-state index in [0.29, 0.717) is 77.4 Å². The van der Waals surface area contributed by atoms with E-state index in [4.69, 9.17) is 14.5 Å². The summed E-state index contributed by atoms with van der Waals surface area (Å²) in [4.78, 5) is 65.5. The van der Waals surface area contributed by atoms with Gasteiger partial charge in [0.15, 0.2) is 0 Å². The lowest BCUT2D eigenvalue weighted by molar-refractivity contribution is -0.148. The van der Waals surface area contributed by atoms with E-state index in [0.717, 1.165) is 98.2 Å². The van der Waals surface area contributed by atoms with E-state index >= 15 is 4.39 Å². The summed E-state index contributed by atoms with van der Waals surface area (Å²) in [5, 5.41) is 24.3. The molecule has 2 aliphatic carbocycles. The van der Waals surface area contributed by atoms with Crippen LogP contribution in [0.2, 0.25) is 0 Å². The van der Waals surface area contributed by atoms with Crippen LogP contribution >= 0.6 is 0 Å². The van der Waals surface area contributed by atoms with Crippen LogP contribution in [-0.2, 0) is 53.5 Å². The Bertz CT molecular complexity index is 3090. The van der Waals surface area contributed by atoms with Crippen LogP contribution < -0.4 is 10.9 Å². The van der Waals surface area contributed by atoms with Crippen molar-refractivity contribution in [2.45, 2.75) is 117 Å². The predicted molar refractivity (Wildman–Crippen MR) is 253 cm³/mol. The predicted octanol–water partition coefficient (Wildman–Crippen LogP) is 7.39. The van der Waals surface area contributed by atoms with Gasteiger partial charge in [-0.25, -0.2) is 14.2 Å². The Kier molecular flexibility index (Phi) is 10.4. The van der Waals surface area contributed by atoms with Gasteiger partial charge >= 0.3 is 12.1 Å². The van der Waals surface area contributed by atoms with E-state index in [2.05, 4.69) is 33.3 Å². The van der Waals surface area contributed by atoms with Crippen LogP contribution in [0.1, 0.15) is 123 Å². The quantitative estimate of drug-likeness (QED) is 0.130. The molecule has 2 unspecified atom stereocenters. The molecule has 3 N–H and O–H groups in total. The maximum Gasteiger partial charge on any atom is 0.407 e. The number of nitrogens with one attached hydrogen (secondary N) is 1. The maximum absolute atomic E-state index is 15.4. The van der Waals surface area contributed by atoms with Gasteiger partial charge in [-0.3, -0.25) is 19.3 Å². The monoisotopic (exact) mass is 936 g/mol. The summed E-state index contributed by atoms with van der Waals surface area (Å²) in [7, 11) is 0. The van der Waals surface area contributed by atoms with Crippen molar-refractivity contribution in [3.8, 4) is 22.9 Å². The number of amides is 2. The fraction of sp³-hybridized carbons (Fsp3) is 0.463. The summed E-state index contributed by atoms with van der Waals surface area (Å²) in [6.07, 6.45) is 4.96. The van der Waals surface area contributed by atoms with Crippen molar-refractivity contribution in [1.82, 2.24) is 29.6 Å². The molecule has 1 saturated carbocycles. The zero-order valence-corrected chi connectivity index (χ0v) is 39.3. The second-order valence-electron chi connectivity index (χ2n) is 21.1. The molecule has 0 bridgehead atoms. The van der Waals surface area contributed by atoms with Crippen LogP contribution in [0.3, 0.4) is 0 Å². The van der Waals surface area contributed by atoms with E-state index in [-0.39, 0.29) is 65.0 Å². The number of ether oxygens (including phenoxy) is 2. The summed E-state index contributed by atoms with van der Waals surface area (Å²) in [5.74, 6) is -1.08. The van der Waals surface area contributed by atoms with E-state index in [1.807, 2.05) is 13.0 Å². The first-order valence-electron chi connectivity index (χ1n) is 24.7. The van der Waals surface area contributed by atoms with Gasteiger partial charge in [-0.05, 0) is 134 Å². The fourth-order valence-electron chi connectivity index (χ4n) is 13.0. The number of esters is 1. The van der Waals surface area contributed by atoms with E-state index < -0.39 is 18.1 Å². The van der Waals surface area contributed by atoms with Gasteiger partial charge in [-0.2, -0.15) is 0 Å². The number of fused-ring (bicyclic) bond motifs is 6. The Labute approximate surface area is 399 Å². The Balaban J connectivity index is 0.636. The van der Waals surface area contributed by atoms with Crippen LogP contribution in [0.15, 0.2) is 47.3 Å². The van der Waals surface area contributed by atoms with Crippen molar-refractivity contribution >= 4 is 28.9 Å². The van der Waals surface area contributed by atoms with Gasteiger partial charge < -0.3 is 39.4 Å².